The van der Waals surface area contributed by atoms with E-state index < -0.39 is 11.8 Å². The number of thiocarbonyl (C=S) groups is 1. The van der Waals surface area contributed by atoms with Crippen LogP contribution in [0, 0.1) is 0 Å². The number of halogens is 1. The SMILES string of the molecule is COc1cccc(/C=C2/C(=O)NC(=S)N(c3ccc(Br)cc3)C2=O)c1O. The number of amides is 2. The topological polar surface area (TPSA) is 78.9 Å². The largest absolute Gasteiger partial charge is 0.504 e. The zero-order valence-electron chi connectivity index (χ0n) is 13.5. The fourth-order valence-electron chi connectivity index (χ4n) is 2.46. The highest BCUT2D eigenvalue weighted by molar-refractivity contribution is 9.10. The molecule has 1 aliphatic heterocycles. The van der Waals surface area contributed by atoms with Gasteiger partial charge in [0, 0.05) is 10.0 Å². The molecule has 3 rings (SSSR count). The van der Waals surface area contributed by atoms with Crippen molar-refractivity contribution in [3.63, 3.8) is 0 Å². The van der Waals surface area contributed by atoms with E-state index in [1.165, 1.54) is 18.1 Å². The molecule has 0 aliphatic carbocycles. The molecule has 2 aromatic carbocycles. The van der Waals surface area contributed by atoms with Gasteiger partial charge in [0.2, 0.25) is 0 Å². The fourth-order valence-corrected chi connectivity index (χ4v) is 3.00. The molecule has 2 amide bonds. The van der Waals surface area contributed by atoms with Crippen molar-refractivity contribution in [1.29, 1.82) is 0 Å². The highest BCUT2D eigenvalue weighted by atomic mass is 79.9. The summed E-state index contributed by atoms with van der Waals surface area (Å²) < 4.78 is 5.89. The van der Waals surface area contributed by atoms with Gasteiger partial charge in [-0.3, -0.25) is 19.8 Å². The number of aromatic hydroxyl groups is 1. The minimum absolute atomic E-state index is 0.00524. The number of hydrogen-bond acceptors (Lipinski definition) is 5. The van der Waals surface area contributed by atoms with E-state index in [4.69, 9.17) is 17.0 Å². The second-order valence-electron chi connectivity index (χ2n) is 5.33. The summed E-state index contributed by atoms with van der Waals surface area (Å²) in [6.07, 6.45) is 1.31. The van der Waals surface area contributed by atoms with Gasteiger partial charge < -0.3 is 9.84 Å². The molecule has 6 nitrogen and oxygen atoms in total. The number of hydrogen-bond donors (Lipinski definition) is 2. The Morgan fingerprint density at radius 1 is 1.19 bits per heavy atom. The van der Waals surface area contributed by atoms with E-state index in [2.05, 4.69) is 21.2 Å². The normalized spacial score (nSPS) is 16.0. The first-order chi connectivity index (χ1) is 12.4. The molecule has 26 heavy (non-hydrogen) atoms. The summed E-state index contributed by atoms with van der Waals surface area (Å²) in [7, 11) is 1.41. The zero-order chi connectivity index (χ0) is 18.8. The molecule has 0 radical (unpaired) electrons. The molecule has 1 aliphatic rings. The van der Waals surface area contributed by atoms with Crippen LogP contribution in [0.5, 0.6) is 11.5 Å². The summed E-state index contributed by atoms with van der Waals surface area (Å²) in [6.45, 7) is 0. The van der Waals surface area contributed by atoms with E-state index in [9.17, 15) is 14.7 Å². The van der Waals surface area contributed by atoms with Gasteiger partial charge >= 0.3 is 0 Å². The van der Waals surface area contributed by atoms with Crippen LogP contribution in [-0.4, -0.2) is 29.1 Å². The second kappa shape index (κ2) is 7.27. The summed E-state index contributed by atoms with van der Waals surface area (Å²) in [6, 6.07) is 11.7. The third-order valence-electron chi connectivity index (χ3n) is 3.74. The number of para-hydroxylation sites is 1. The predicted molar refractivity (Wildman–Crippen MR) is 105 cm³/mol. The van der Waals surface area contributed by atoms with Gasteiger partial charge in [0.05, 0.1) is 12.8 Å². The van der Waals surface area contributed by atoms with Gasteiger partial charge in [-0.05, 0) is 48.6 Å². The van der Waals surface area contributed by atoms with Crippen LogP contribution in [0.3, 0.4) is 0 Å². The van der Waals surface area contributed by atoms with Crippen LogP contribution in [0.15, 0.2) is 52.5 Å². The lowest BCUT2D eigenvalue weighted by Gasteiger charge is -2.29. The molecule has 1 fully saturated rings. The summed E-state index contributed by atoms with van der Waals surface area (Å²) in [4.78, 5) is 26.4. The van der Waals surface area contributed by atoms with E-state index in [-0.39, 0.29) is 27.7 Å². The van der Waals surface area contributed by atoms with Crippen LogP contribution in [0.2, 0.25) is 0 Å². The minimum atomic E-state index is -0.629. The number of rotatable bonds is 3. The number of phenols is 1. The highest BCUT2D eigenvalue weighted by Crippen LogP contribution is 2.32. The number of nitrogens with one attached hydrogen (secondary N) is 1. The first-order valence-electron chi connectivity index (χ1n) is 7.45. The predicted octanol–water partition coefficient (Wildman–Crippen LogP) is 2.99. The average Bonchev–Trinajstić information content (AvgIpc) is 2.61. The lowest BCUT2D eigenvalue weighted by Crippen LogP contribution is -2.54. The fraction of sp³-hybridized carbons (Fsp3) is 0.0556. The summed E-state index contributed by atoms with van der Waals surface area (Å²) in [5, 5.41) is 12.7. The van der Waals surface area contributed by atoms with E-state index in [1.807, 2.05) is 0 Å². The Kier molecular flexibility index (Phi) is 5.06. The summed E-state index contributed by atoms with van der Waals surface area (Å²) in [5.74, 6) is -1.13. The van der Waals surface area contributed by atoms with Crippen LogP contribution in [0.1, 0.15) is 5.56 Å². The van der Waals surface area contributed by atoms with Crippen molar-refractivity contribution in [2.45, 2.75) is 0 Å². The van der Waals surface area contributed by atoms with Gasteiger partial charge in [-0.1, -0.05) is 28.1 Å². The smallest absolute Gasteiger partial charge is 0.270 e. The molecular formula is C18H13BrN2O4S. The number of carbonyl (C=O) groups is 2. The average molecular weight is 433 g/mol. The Morgan fingerprint density at radius 3 is 2.54 bits per heavy atom. The monoisotopic (exact) mass is 432 g/mol. The third-order valence-corrected chi connectivity index (χ3v) is 4.55. The van der Waals surface area contributed by atoms with Gasteiger partial charge in [-0.2, -0.15) is 0 Å². The van der Waals surface area contributed by atoms with Crippen molar-refractivity contribution in [2.75, 3.05) is 12.0 Å². The van der Waals surface area contributed by atoms with Gasteiger partial charge in [-0.25, -0.2) is 0 Å². The number of carbonyl (C=O) groups excluding carboxylic acids is 2. The standard InChI is InChI=1S/C18H13BrN2O4S/c1-25-14-4-2-3-10(15(14)22)9-13-16(23)20-18(26)21(17(13)24)12-7-5-11(19)6-8-12/h2-9,22H,1H3,(H,20,23,26)/b13-9-. The molecule has 0 spiro atoms. The number of nitrogens with zero attached hydrogens (tertiary/aromatic N) is 1. The Bertz CT molecular complexity index is 941. The Labute approximate surface area is 163 Å². The lowest BCUT2D eigenvalue weighted by molar-refractivity contribution is -0.122. The quantitative estimate of drug-likeness (QED) is 0.442. The molecule has 1 saturated heterocycles. The van der Waals surface area contributed by atoms with E-state index in [1.54, 1.807) is 42.5 Å². The molecule has 0 bridgehead atoms. The molecule has 0 unspecified atom stereocenters. The van der Waals surface area contributed by atoms with Crippen molar-refractivity contribution in [3.05, 3.63) is 58.1 Å². The van der Waals surface area contributed by atoms with E-state index in [0.29, 0.717) is 5.69 Å². The maximum atomic E-state index is 12.9. The van der Waals surface area contributed by atoms with E-state index in [0.717, 1.165) is 4.47 Å². The highest BCUT2D eigenvalue weighted by Gasteiger charge is 2.34. The van der Waals surface area contributed by atoms with Crippen molar-refractivity contribution >= 4 is 56.8 Å². The third kappa shape index (κ3) is 3.33. The number of benzene rings is 2. The molecule has 8 heteroatoms. The molecule has 0 aromatic heterocycles. The van der Waals surface area contributed by atoms with Crippen LogP contribution in [0.4, 0.5) is 5.69 Å². The van der Waals surface area contributed by atoms with E-state index >= 15 is 0 Å². The number of methoxy groups -OCH3 is 1. The van der Waals surface area contributed by atoms with Crippen LogP contribution in [0.25, 0.3) is 6.08 Å². The summed E-state index contributed by atoms with van der Waals surface area (Å²) in [5.41, 5.74) is 0.653. The number of anilines is 1. The van der Waals surface area contributed by atoms with Crippen LogP contribution >= 0.6 is 28.1 Å². The molecule has 0 saturated carbocycles. The molecule has 132 valence electrons. The molecule has 1 heterocycles. The van der Waals surface area contributed by atoms with Crippen molar-refractivity contribution in [3.8, 4) is 11.5 Å². The Balaban J connectivity index is 2.04. The van der Waals surface area contributed by atoms with Gasteiger partial charge in [-0.15, -0.1) is 0 Å². The lowest BCUT2D eigenvalue weighted by atomic mass is 10.1. The minimum Gasteiger partial charge on any atom is -0.504 e. The first-order valence-corrected chi connectivity index (χ1v) is 8.65. The maximum Gasteiger partial charge on any atom is 0.270 e. The first kappa shape index (κ1) is 18.1. The van der Waals surface area contributed by atoms with Gasteiger partial charge in [0.25, 0.3) is 11.8 Å². The number of phenolic OH excluding ortho intramolecular Hbond substituents is 1. The molecule has 2 aromatic rings. The molecule has 2 N–H and O–H groups in total. The van der Waals surface area contributed by atoms with Crippen LogP contribution in [-0.2, 0) is 9.59 Å². The molecule has 0 atom stereocenters. The summed E-state index contributed by atoms with van der Waals surface area (Å²) >= 11 is 8.47. The van der Waals surface area contributed by atoms with Crippen molar-refractivity contribution < 1.29 is 19.4 Å². The van der Waals surface area contributed by atoms with Crippen molar-refractivity contribution in [2.24, 2.45) is 0 Å². The zero-order valence-corrected chi connectivity index (χ0v) is 15.9. The molecular weight excluding hydrogens is 420 g/mol. The number of ether oxygens (including phenoxy) is 1. The van der Waals surface area contributed by atoms with Gasteiger partial charge in [0.15, 0.2) is 16.6 Å². The van der Waals surface area contributed by atoms with Crippen LogP contribution < -0.4 is 15.0 Å². The Morgan fingerprint density at radius 2 is 1.88 bits per heavy atom. The second-order valence-corrected chi connectivity index (χ2v) is 6.63. The van der Waals surface area contributed by atoms with Gasteiger partial charge in [0.1, 0.15) is 5.57 Å². The Hall–Kier alpha value is -2.71. The maximum absolute atomic E-state index is 12.9. The van der Waals surface area contributed by atoms with Crippen molar-refractivity contribution in [1.82, 2.24) is 5.32 Å².